The van der Waals surface area contributed by atoms with Crippen molar-refractivity contribution in [3.05, 3.63) is 23.8 Å². The van der Waals surface area contributed by atoms with E-state index >= 15 is 0 Å². The highest BCUT2D eigenvalue weighted by Crippen LogP contribution is 2.70. The molecule has 6 aliphatic rings. The van der Waals surface area contributed by atoms with Crippen LogP contribution in [-0.4, -0.2) is 65.4 Å². The first-order valence-corrected chi connectivity index (χ1v) is 16.2. The minimum Gasteiger partial charge on any atom is -0.457 e. The Bertz CT molecular complexity index is 1090. The summed E-state index contributed by atoms with van der Waals surface area (Å²) in [7, 11) is 0. The molecule has 5 aliphatic carbocycles. The van der Waals surface area contributed by atoms with Crippen LogP contribution in [0.15, 0.2) is 23.8 Å². The van der Waals surface area contributed by atoms with Crippen LogP contribution in [0.3, 0.4) is 0 Å². The lowest BCUT2D eigenvalue weighted by Gasteiger charge is -2.59. The van der Waals surface area contributed by atoms with Crippen molar-refractivity contribution in [2.75, 3.05) is 18.6 Å². The van der Waals surface area contributed by atoms with Crippen molar-refractivity contribution in [2.24, 2.45) is 34.5 Å². The van der Waals surface area contributed by atoms with E-state index in [1.165, 1.54) is 18.2 Å². The summed E-state index contributed by atoms with van der Waals surface area (Å²) in [5, 5.41) is 11.9. The van der Waals surface area contributed by atoms with Gasteiger partial charge in [-0.15, -0.1) is 0 Å². The van der Waals surface area contributed by atoms with Crippen LogP contribution >= 0.6 is 11.8 Å². The van der Waals surface area contributed by atoms with E-state index in [9.17, 15) is 19.5 Å². The monoisotopic (exact) mass is 558 g/mol. The van der Waals surface area contributed by atoms with E-state index in [0.29, 0.717) is 12.8 Å². The molecule has 6 rings (SSSR count). The van der Waals surface area contributed by atoms with E-state index in [0.717, 1.165) is 44.1 Å². The molecule has 8 heteroatoms. The van der Waals surface area contributed by atoms with Crippen molar-refractivity contribution in [2.45, 2.75) is 95.7 Å². The molecular weight excluding hydrogens is 516 g/mol. The van der Waals surface area contributed by atoms with E-state index in [1.807, 2.05) is 12.3 Å². The highest BCUT2D eigenvalue weighted by molar-refractivity contribution is 7.99. The van der Waals surface area contributed by atoms with E-state index in [1.54, 1.807) is 12.2 Å². The number of hydrogen-bond donors (Lipinski definition) is 1. The molecule has 39 heavy (non-hydrogen) atoms. The fraction of sp³-hybridized carbons (Fsp3) is 0.774. The lowest BCUT2D eigenvalue weighted by atomic mass is 9.46. The van der Waals surface area contributed by atoms with Crippen LogP contribution in [0.1, 0.15) is 71.6 Å². The van der Waals surface area contributed by atoms with Gasteiger partial charge in [0.05, 0.1) is 18.0 Å². The van der Waals surface area contributed by atoms with Gasteiger partial charge in [-0.1, -0.05) is 44.8 Å². The fourth-order valence-electron chi connectivity index (χ4n) is 9.62. The van der Waals surface area contributed by atoms with E-state index in [4.69, 9.17) is 14.2 Å². The van der Waals surface area contributed by atoms with Crippen molar-refractivity contribution in [3.8, 4) is 0 Å². The number of carbonyl (C=O) groups excluding carboxylic acids is 3. The summed E-state index contributed by atoms with van der Waals surface area (Å²) in [5.74, 6) is 0.0461. The number of fused-ring (bicyclic) bond motifs is 7. The zero-order chi connectivity index (χ0) is 27.6. The number of rotatable bonds is 6. The highest BCUT2D eigenvalue weighted by Gasteiger charge is 2.76. The van der Waals surface area contributed by atoms with Gasteiger partial charge in [-0.05, 0) is 68.8 Å². The Balaban J connectivity index is 1.34. The maximum atomic E-state index is 14.2. The van der Waals surface area contributed by atoms with Crippen LogP contribution in [0, 0.1) is 34.5 Å². The van der Waals surface area contributed by atoms with E-state index in [2.05, 4.69) is 13.8 Å². The number of hydrogen-bond acceptors (Lipinski definition) is 8. The average Bonchev–Trinajstić information content (AvgIpc) is 3.41. The first kappa shape index (κ1) is 27.7. The van der Waals surface area contributed by atoms with Gasteiger partial charge in [0.2, 0.25) is 5.78 Å². The average molecular weight is 559 g/mol. The van der Waals surface area contributed by atoms with Gasteiger partial charge in [-0.3, -0.25) is 14.4 Å². The molecular formula is C31H42O7S. The van der Waals surface area contributed by atoms with Gasteiger partial charge >= 0.3 is 5.97 Å². The molecule has 0 aromatic carbocycles. The van der Waals surface area contributed by atoms with Gasteiger partial charge in [0.25, 0.3) is 0 Å². The number of carbonyl (C=O) groups is 3. The lowest BCUT2D eigenvalue weighted by molar-refractivity contribution is -0.210. The predicted molar refractivity (Wildman–Crippen MR) is 147 cm³/mol. The number of allylic oxidation sites excluding steroid dienone is 4. The molecule has 1 saturated heterocycles. The molecule has 0 unspecified atom stereocenters. The summed E-state index contributed by atoms with van der Waals surface area (Å²) in [4.78, 5) is 38.6. The number of ether oxygens (including phenoxy) is 3. The van der Waals surface area contributed by atoms with Crippen LogP contribution in [0.25, 0.3) is 0 Å². The number of Topliss-reactive ketones (excluding diaryl/α,β-unsaturated/α-hetero) is 1. The molecule has 0 spiro atoms. The van der Waals surface area contributed by atoms with Gasteiger partial charge in [-0.2, -0.15) is 11.8 Å². The molecule has 7 nitrogen and oxygen atoms in total. The third-order valence-electron chi connectivity index (χ3n) is 11.3. The van der Waals surface area contributed by atoms with Crippen molar-refractivity contribution < 1.29 is 33.7 Å². The largest absolute Gasteiger partial charge is 0.457 e. The molecule has 9 atom stereocenters. The number of thioether (sulfide) groups is 1. The predicted octanol–water partition coefficient (Wildman–Crippen LogP) is 4.41. The minimum absolute atomic E-state index is 0.0163. The molecule has 0 aromatic heterocycles. The summed E-state index contributed by atoms with van der Waals surface area (Å²) in [5.41, 5.74) is -1.18. The van der Waals surface area contributed by atoms with E-state index in [-0.39, 0.29) is 53.0 Å². The number of aliphatic hydroxyl groups is 1. The maximum Gasteiger partial charge on any atom is 0.316 e. The zero-order valence-electron chi connectivity index (χ0n) is 23.4. The van der Waals surface area contributed by atoms with Crippen LogP contribution in [0.5, 0.6) is 0 Å². The Morgan fingerprint density at radius 3 is 2.69 bits per heavy atom. The van der Waals surface area contributed by atoms with Crippen molar-refractivity contribution in [3.63, 3.8) is 0 Å². The molecule has 0 aromatic rings. The molecule has 0 bridgehead atoms. The number of esters is 1. The van der Waals surface area contributed by atoms with Crippen LogP contribution in [-0.2, 0) is 28.6 Å². The maximum absolute atomic E-state index is 14.2. The Morgan fingerprint density at radius 2 is 1.95 bits per heavy atom. The smallest absolute Gasteiger partial charge is 0.316 e. The Labute approximate surface area is 235 Å². The van der Waals surface area contributed by atoms with Gasteiger partial charge in [0.15, 0.2) is 24.3 Å². The molecule has 1 aliphatic heterocycles. The summed E-state index contributed by atoms with van der Waals surface area (Å²) in [6, 6.07) is 0. The van der Waals surface area contributed by atoms with Crippen molar-refractivity contribution >= 4 is 29.3 Å². The molecule has 0 amide bonds. The normalized spacial score (nSPS) is 45.1. The molecule has 214 valence electrons. The Hall–Kier alpha value is -1.48. The second-order valence-corrected chi connectivity index (χ2v) is 14.1. The van der Waals surface area contributed by atoms with Crippen LogP contribution in [0.4, 0.5) is 0 Å². The van der Waals surface area contributed by atoms with Crippen LogP contribution < -0.4 is 0 Å². The first-order valence-electron chi connectivity index (χ1n) is 14.8. The summed E-state index contributed by atoms with van der Waals surface area (Å²) in [6.07, 6.45) is 14.0. The molecule has 1 N–H and O–H groups in total. The van der Waals surface area contributed by atoms with Gasteiger partial charge in [0, 0.05) is 22.7 Å². The van der Waals surface area contributed by atoms with Gasteiger partial charge in [-0.25, -0.2) is 0 Å². The fourth-order valence-corrected chi connectivity index (χ4v) is 9.94. The minimum atomic E-state index is -1.25. The SMILES string of the molecule is CSCC(=O)OCC(=O)[C@@]12O[C@H](C3CCCCC3)O[C@@H]1C[C@H]1[C@@H]3CCC4=CC(=O)C=C[C@]4(C)[C@H]3[C@@H](O)C[C@@]12C. The summed E-state index contributed by atoms with van der Waals surface area (Å²) in [6.45, 7) is 3.93. The van der Waals surface area contributed by atoms with Crippen molar-refractivity contribution in [1.29, 1.82) is 0 Å². The topological polar surface area (TPSA) is 99.1 Å². The molecule has 0 radical (unpaired) electrons. The number of aliphatic hydroxyl groups excluding tert-OH is 1. The van der Waals surface area contributed by atoms with Gasteiger partial charge in [0.1, 0.15) is 0 Å². The first-order chi connectivity index (χ1) is 18.6. The second kappa shape index (κ2) is 10.1. The third-order valence-corrected chi connectivity index (χ3v) is 11.9. The van der Waals surface area contributed by atoms with Gasteiger partial charge < -0.3 is 19.3 Å². The Kier molecular flexibility index (Phi) is 7.17. The number of ketones is 2. The lowest BCUT2D eigenvalue weighted by Crippen LogP contribution is -2.63. The second-order valence-electron chi connectivity index (χ2n) is 13.2. The molecule has 1 heterocycles. The highest BCUT2D eigenvalue weighted by atomic mass is 32.2. The van der Waals surface area contributed by atoms with Crippen molar-refractivity contribution in [1.82, 2.24) is 0 Å². The van der Waals surface area contributed by atoms with Crippen LogP contribution in [0.2, 0.25) is 0 Å². The Morgan fingerprint density at radius 1 is 1.18 bits per heavy atom. The third kappa shape index (κ3) is 4.14. The quantitative estimate of drug-likeness (QED) is 0.479. The standard InChI is InChI=1S/C31H42O7S/c1-29-12-11-20(32)13-19(29)9-10-21-22-14-25-31(24(34)16-36-26(35)17-39-3,30(22,2)15-23(33)27(21)29)38-28(37-25)18-7-5-4-6-8-18/h11-13,18,21-23,25,27-28,33H,4-10,14-17H2,1-3H3/t21-,22-,23-,25+,27+,28+,29-,30-,31+/m0/s1. The summed E-state index contributed by atoms with van der Waals surface area (Å²) < 4.78 is 19.0. The zero-order valence-corrected chi connectivity index (χ0v) is 24.2. The van der Waals surface area contributed by atoms with E-state index < -0.39 is 35.5 Å². The molecule has 4 saturated carbocycles. The summed E-state index contributed by atoms with van der Waals surface area (Å²) >= 11 is 1.36. The molecule has 5 fully saturated rings.